The summed E-state index contributed by atoms with van der Waals surface area (Å²) < 4.78 is 5.86. The Bertz CT molecular complexity index is 652. The maximum atomic E-state index is 12.5. The lowest BCUT2D eigenvalue weighted by Gasteiger charge is -2.22. The summed E-state index contributed by atoms with van der Waals surface area (Å²) in [6.07, 6.45) is 0.305. The molecule has 0 aromatic heterocycles. The topological polar surface area (TPSA) is 38.3 Å². The number of benzene rings is 2. The van der Waals surface area contributed by atoms with Crippen molar-refractivity contribution in [2.24, 2.45) is 0 Å². The molecule has 0 aliphatic heterocycles. The summed E-state index contributed by atoms with van der Waals surface area (Å²) >= 11 is 0. The van der Waals surface area contributed by atoms with Crippen molar-refractivity contribution < 1.29 is 9.53 Å². The molecule has 0 aliphatic rings. The van der Waals surface area contributed by atoms with Crippen LogP contribution in [0.2, 0.25) is 0 Å². The molecular weight excluding hydrogens is 286 g/mol. The quantitative estimate of drug-likeness (QED) is 0.862. The standard InChI is InChI=1S/C20H25NO2/c1-5-18(17-11-7-6-8-12-17)21-20(22)16(4)23-19-13-9-10-14(2)15(19)3/h6-13,16,18H,5H2,1-4H3,(H,21,22)/t16-,18-/m1/s1. The molecule has 0 fully saturated rings. The highest BCUT2D eigenvalue weighted by molar-refractivity contribution is 5.81. The second kappa shape index (κ2) is 7.82. The number of ether oxygens (including phenoxy) is 1. The van der Waals surface area contributed by atoms with Gasteiger partial charge in [0.1, 0.15) is 5.75 Å². The zero-order valence-electron chi connectivity index (χ0n) is 14.3. The van der Waals surface area contributed by atoms with Gasteiger partial charge in [0, 0.05) is 0 Å². The molecule has 0 unspecified atom stereocenters. The molecule has 2 aromatic rings. The van der Waals surface area contributed by atoms with Gasteiger partial charge in [-0.3, -0.25) is 4.79 Å². The summed E-state index contributed by atoms with van der Waals surface area (Å²) in [6, 6.07) is 15.9. The van der Waals surface area contributed by atoms with Crippen LogP contribution < -0.4 is 10.1 Å². The van der Waals surface area contributed by atoms with Crippen LogP contribution in [0.4, 0.5) is 0 Å². The van der Waals surface area contributed by atoms with Crippen molar-refractivity contribution in [2.75, 3.05) is 0 Å². The molecule has 0 saturated carbocycles. The van der Waals surface area contributed by atoms with Crippen LogP contribution in [0.1, 0.15) is 43.0 Å². The summed E-state index contributed by atoms with van der Waals surface area (Å²) in [4.78, 5) is 12.5. The van der Waals surface area contributed by atoms with E-state index in [0.717, 1.165) is 28.9 Å². The smallest absolute Gasteiger partial charge is 0.261 e. The fourth-order valence-corrected chi connectivity index (χ4v) is 2.49. The zero-order chi connectivity index (χ0) is 16.8. The van der Waals surface area contributed by atoms with E-state index in [9.17, 15) is 4.79 Å². The monoisotopic (exact) mass is 311 g/mol. The fourth-order valence-electron chi connectivity index (χ4n) is 2.49. The number of rotatable bonds is 6. The lowest BCUT2D eigenvalue weighted by atomic mass is 10.0. The Hall–Kier alpha value is -2.29. The average Bonchev–Trinajstić information content (AvgIpc) is 2.57. The number of hydrogen-bond acceptors (Lipinski definition) is 2. The third-order valence-electron chi connectivity index (χ3n) is 4.15. The molecule has 1 amide bonds. The lowest BCUT2D eigenvalue weighted by molar-refractivity contribution is -0.128. The molecule has 2 aromatic carbocycles. The molecule has 122 valence electrons. The molecule has 3 heteroatoms. The van der Waals surface area contributed by atoms with E-state index < -0.39 is 6.10 Å². The van der Waals surface area contributed by atoms with Gasteiger partial charge in [0.15, 0.2) is 6.10 Å². The van der Waals surface area contributed by atoms with Gasteiger partial charge in [0.05, 0.1) is 6.04 Å². The molecule has 0 bridgehead atoms. The van der Waals surface area contributed by atoms with Crippen LogP contribution in [0.5, 0.6) is 5.75 Å². The predicted molar refractivity (Wildman–Crippen MR) is 93.6 cm³/mol. The van der Waals surface area contributed by atoms with Gasteiger partial charge in [0.2, 0.25) is 0 Å². The second-order valence-corrected chi connectivity index (χ2v) is 5.84. The van der Waals surface area contributed by atoms with Crippen LogP contribution in [-0.2, 0) is 4.79 Å². The molecule has 23 heavy (non-hydrogen) atoms. The van der Waals surface area contributed by atoms with E-state index in [4.69, 9.17) is 4.74 Å². The SMILES string of the molecule is CC[C@@H](NC(=O)[C@@H](C)Oc1cccc(C)c1C)c1ccccc1. The molecule has 0 heterocycles. The Morgan fingerprint density at radius 2 is 1.78 bits per heavy atom. The Labute approximate surface area is 138 Å². The molecule has 3 nitrogen and oxygen atoms in total. The number of nitrogens with one attached hydrogen (secondary N) is 1. The Kier molecular flexibility index (Phi) is 5.80. The van der Waals surface area contributed by atoms with Gasteiger partial charge < -0.3 is 10.1 Å². The normalized spacial score (nSPS) is 13.2. The summed E-state index contributed by atoms with van der Waals surface area (Å²) in [5.74, 6) is 0.669. The van der Waals surface area contributed by atoms with Crippen molar-refractivity contribution in [1.82, 2.24) is 5.32 Å². The Balaban J connectivity index is 2.03. The molecule has 0 aliphatic carbocycles. The van der Waals surface area contributed by atoms with Crippen molar-refractivity contribution in [1.29, 1.82) is 0 Å². The number of hydrogen-bond donors (Lipinski definition) is 1. The number of carbonyl (C=O) groups excluding carboxylic acids is 1. The largest absolute Gasteiger partial charge is 0.481 e. The molecule has 2 rings (SSSR count). The van der Waals surface area contributed by atoms with Crippen molar-refractivity contribution >= 4 is 5.91 Å². The van der Waals surface area contributed by atoms with E-state index in [-0.39, 0.29) is 11.9 Å². The molecule has 1 N–H and O–H groups in total. The highest BCUT2D eigenvalue weighted by atomic mass is 16.5. The molecule has 0 spiro atoms. The van der Waals surface area contributed by atoms with Crippen molar-refractivity contribution in [3.05, 3.63) is 65.2 Å². The van der Waals surface area contributed by atoms with Crippen LogP contribution in [0, 0.1) is 13.8 Å². The van der Waals surface area contributed by atoms with Crippen LogP contribution >= 0.6 is 0 Å². The number of carbonyl (C=O) groups is 1. The first kappa shape index (κ1) is 17.1. The first-order valence-electron chi connectivity index (χ1n) is 8.11. The molecule has 0 radical (unpaired) electrons. The third kappa shape index (κ3) is 4.35. The van der Waals surface area contributed by atoms with Gasteiger partial charge in [-0.2, -0.15) is 0 Å². The summed E-state index contributed by atoms with van der Waals surface area (Å²) in [5.41, 5.74) is 3.34. The number of aryl methyl sites for hydroxylation is 1. The minimum absolute atomic E-state index is 0.00774. The van der Waals surface area contributed by atoms with Gasteiger partial charge in [-0.25, -0.2) is 0 Å². The lowest BCUT2D eigenvalue weighted by Crippen LogP contribution is -2.38. The highest BCUT2D eigenvalue weighted by Crippen LogP contribution is 2.22. The molecular formula is C20H25NO2. The number of amides is 1. The highest BCUT2D eigenvalue weighted by Gasteiger charge is 2.19. The zero-order valence-corrected chi connectivity index (χ0v) is 14.3. The van der Waals surface area contributed by atoms with Gasteiger partial charge in [-0.1, -0.05) is 49.4 Å². The second-order valence-electron chi connectivity index (χ2n) is 5.84. The van der Waals surface area contributed by atoms with Gasteiger partial charge >= 0.3 is 0 Å². The van der Waals surface area contributed by atoms with E-state index >= 15 is 0 Å². The predicted octanol–water partition coefficient (Wildman–Crippen LogP) is 4.34. The first-order chi connectivity index (χ1) is 11.0. The van der Waals surface area contributed by atoms with Crippen molar-refractivity contribution in [2.45, 2.75) is 46.3 Å². The van der Waals surface area contributed by atoms with Gasteiger partial charge in [0.25, 0.3) is 5.91 Å². The van der Waals surface area contributed by atoms with E-state index in [2.05, 4.69) is 12.2 Å². The Morgan fingerprint density at radius 1 is 1.09 bits per heavy atom. The fraction of sp³-hybridized carbons (Fsp3) is 0.350. The van der Waals surface area contributed by atoms with E-state index in [0.29, 0.717) is 0 Å². The van der Waals surface area contributed by atoms with Gasteiger partial charge in [-0.05, 0) is 49.9 Å². The van der Waals surface area contributed by atoms with E-state index in [1.54, 1.807) is 6.92 Å². The molecule has 0 saturated heterocycles. The summed E-state index contributed by atoms with van der Waals surface area (Å²) in [7, 11) is 0. The maximum absolute atomic E-state index is 12.5. The van der Waals surface area contributed by atoms with Crippen LogP contribution in [0.15, 0.2) is 48.5 Å². The van der Waals surface area contributed by atoms with Crippen molar-refractivity contribution in [3.8, 4) is 5.75 Å². The van der Waals surface area contributed by atoms with Crippen LogP contribution in [-0.4, -0.2) is 12.0 Å². The minimum atomic E-state index is -0.534. The maximum Gasteiger partial charge on any atom is 0.261 e. The van der Waals surface area contributed by atoms with Gasteiger partial charge in [-0.15, -0.1) is 0 Å². The average molecular weight is 311 g/mol. The molecule has 2 atom stereocenters. The first-order valence-corrected chi connectivity index (χ1v) is 8.11. The minimum Gasteiger partial charge on any atom is -0.481 e. The van der Waals surface area contributed by atoms with E-state index in [1.165, 1.54) is 0 Å². The third-order valence-corrected chi connectivity index (χ3v) is 4.15. The van der Waals surface area contributed by atoms with E-state index in [1.807, 2.05) is 62.4 Å². The Morgan fingerprint density at radius 3 is 2.43 bits per heavy atom. The summed E-state index contributed by atoms with van der Waals surface area (Å²) in [5, 5.41) is 3.07. The van der Waals surface area contributed by atoms with Crippen LogP contribution in [0.25, 0.3) is 0 Å². The van der Waals surface area contributed by atoms with Crippen molar-refractivity contribution in [3.63, 3.8) is 0 Å². The summed E-state index contributed by atoms with van der Waals surface area (Å²) in [6.45, 7) is 7.90. The van der Waals surface area contributed by atoms with Crippen LogP contribution in [0.3, 0.4) is 0 Å².